The zero-order valence-corrected chi connectivity index (χ0v) is 15.9. The van der Waals surface area contributed by atoms with E-state index in [-0.39, 0.29) is 18.2 Å². The van der Waals surface area contributed by atoms with Gasteiger partial charge in [-0.25, -0.2) is 9.97 Å². The molecule has 6 nitrogen and oxygen atoms in total. The number of hydrogen-bond acceptors (Lipinski definition) is 6. The van der Waals surface area contributed by atoms with Gasteiger partial charge in [-0.15, -0.1) is 0 Å². The van der Waals surface area contributed by atoms with Gasteiger partial charge in [0.2, 0.25) is 0 Å². The van der Waals surface area contributed by atoms with Crippen LogP contribution in [0.25, 0.3) is 0 Å². The Bertz CT molecular complexity index is 551. The van der Waals surface area contributed by atoms with Crippen molar-refractivity contribution in [1.82, 2.24) is 14.9 Å². The fourth-order valence-corrected chi connectivity index (χ4v) is 3.98. The predicted molar refractivity (Wildman–Crippen MR) is 102 cm³/mol. The van der Waals surface area contributed by atoms with E-state index in [1.165, 1.54) is 6.42 Å². The Morgan fingerprint density at radius 2 is 1.88 bits per heavy atom. The number of nitrogens with zero attached hydrogens (tertiary/aromatic N) is 4. The number of rotatable bonds is 4. The summed E-state index contributed by atoms with van der Waals surface area (Å²) in [6.07, 6.45) is 7.30. The number of piperidine rings is 2. The number of aliphatic hydroxyl groups is 1. The largest absolute Gasteiger partial charge is 0.394 e. The Labute approximate surface area is 151 Å². The standard InChI is InChI=1S/C19H33N5O/c1-19(2,3)23-10-7-15(8-11-23)22-17-12-18(21-14-20-17)24-9-5-4-6-16(24)13-25/h12,14-16,25H,4-11,13H2,1-3H3,(H,20,21,22). The molecule has 0 saturated carbocycles. The normalized spacial score (nSPS) is 23.7. The van der Waals surface area contributed by atoms with E-state index >= 15 is 0 Å². The van der Waals surface area contributed by atoms with Crippen molar-refractivity contribution < 1.29 is 5.11 Å². The second kappa shape index (κ2) is 7.87. The number of hydrogen-bond donors (Lipinski definition) is 2. The van der Waals surface area contributed by atoms with Crippen LogP contribution in [0, 0.1) is 0 Å². The van der Waals surface area contributed by atoms with Gasteiger partial charge in [0.05, 0.1) is 12.6 Å². The lowest BCUT2D eigenvalue weighted by Crippen LogP contribution is -2.48. The molecule has 6 heteroatoms. The second-order valence-electron chi connectivity index (χ2n) is 8.36. The van der Waals surface area contributed by atoms with Crippen LogP contribution in [0.15, 0.2) is 12.4 Å². The van der Waals surface area contributed by atoms with Gasteiger partial charge >= 0.3 is 0 Å². The smallest absolute Gasteiger partial charge is 0.134 e. The fraction of sp³-hybridized carbons (Fsp3) is 0.789. The average molecular weight is 348 g/mol. The highest BCUT2D eigenvalue weighted by Crippen LogP contribution is 2.26. The van der Waals surface area contributed by atoms with Crippen LogP contribution in [0.5, 0.6) is 0 Å². The molecule has 1 aromatic heterocycles. The minimum Gasteiger partial charge on any atom is -0.394 e. The first-order chi connectivity index (χ1) is 12.0. The van der Waals surface area contributed by atoms with E-state index in [0.29, 0.717) is 6.04 Å². The van der Waals surface area contributed by atoms with Crippen molar-refractivity contribution in [2.45, 2.75) is 70.5 Å². The second-order valence-corrected chi connectivity index (χ2v) is 8.36. The highest BCUT2D eigenvalue weighted by Gasteiger charge is 2.27. The van der Waals surface area contributed by atoms with Crippen LogP contribution in [-0.2, 0) is 0 Å². The van der Waals surface area contributed by atoms with Gasteiger partial charge in [0.15, 0.2) is 0 Å². The maximum Gasteiger partial charge on any atom is 0.134 e. The van der Waals surface area contributed by atoms with Gasteiger partial charge in [-0.2, -0.15) is 0 Å². The Balaban J connectivity index is 1.61. The minimum atomic E-state index is 0.187. The van der Waals surface area contributed by atoms with Crippen molar-refractivity contribution in [3.8, 4) is 0 Å². The van der Waals surface area contributed by atoms with Crippen LogP contribution in [0.1, 0.15) is 52.9 Å². The summed E-state index contributed by atoms with van der Waals surface area (Å²) in [4.78, 5) is 13.7. The van der Waals surface area contributed by atoms with E-state index < -0.39 is 0 Å². The number of anilines is 2. The molecule has 0 spiro atoms. The SMILES string of the molecule is CC(C)(C)N1CCC(Nc2cc(N3CCCCC3CO)ncn2)CC1. The molecular weight excluding hydrogens is 314 g/mol. The lowest BCUT2D eigenvalue weighted by molar-refractivity contribution is 0.106. The molecule has 1 unspecified atom stereocenters. The molecule has 2 saturated heterocycles. The monoisotopic (exact) mass is 347 g/mol. The maximum absolute atomic E-state index is 9.64. The third-order valence-electron chi connectivity index (χ3n) is 5.58. The summed E-state index contributed by atoms with van der Waals surface area (Å²) < 4.78 is 0. The first kappa shape index (κ1) is 18.4. The lowest BCUT2D eigenvalue weighted by Gasteiger charge is -2.41. The first-order valence-electron chi connectivity index (χ1n) is 9.68. The Morgan fingerprint density at radius 3 is 2.56 bits per heavy atom. The molecule has 3 rings (SSSR count). The Morgan fingerprint density at radius 1 is 1.12 bits per heavy atom. The quantitative estimate of drug-likeness (QED) is 0.872. The van der Waals surface area contributed by atoms with Gasteiger partial charge in [-0.3, -0.25) is 4.90 Å². The third-order valence-corrected chi connectivity index (χ3v) is 5.58. The van der Waals surface area contributed by atoms with Gasteiger partial charge in [0.25, 0.3) is 0 Å². The summed E-state index contributed by atoms with van der Waals surface area (Å²) in [5.74, 6) is 1.84. The van der Waals surface area contributed by atoms with Gasteiger partial charge in [0.1, 0.15) is 18.0 Å². The molecule has 2 aliphatic rings. The van der Waals surface area contributed by atoms with Crippen molar-refractivity contribution in [3.63, 3.8) is 0 Å². The van der Waals surface area contributed by atoms with E-state index in [4.69, 9.17) is 0 Å². The van der Waals surface area contributed by atoms with E-state index in [0.717, 1.165) is 57.0 Å². The summed E-state index contributed by atoms with van der Waals surface area (Å²) in [7, 11) is 0. The summed E-state index contributed by atoms with van der Waals surface area (Å²) in [5.41, 5.74) is 0.251. The number of aliphatic hydroxyl groups excluding tert-OH is 1. The molecule has 25 heavy (non-hydrogen) atoms. The number of aromatic nitrogens is 2. The van der Waals surface area contributed by atoms with Crippen LogP contribution in [0.3, 0.4) is 0 Å². The number of likely N-dealkylation sites (tertiary alicyclic amines) is 1. The molecular formula is C19H33N5O. The maximum atomic E-state index is 9.64. The van der Waals surface area contributed by atoms with E-state index in [2.05, 4.69) is 45.9 Å². The zero-order valence-electron chi connectivity index (χ0n) is 15.9. The molecule has 0 aliphatic carbocycles. The molecule has 0 aromatic carbocycles. The fourth-order valence-electron chi connectivity index (χ4n) is 3.98. The van der Waals surface area contributed by atoms with E-state index in [1.807, 2.05) is 6.07 Å². The van der Waals surface area contributed by atoms with Crippen LogP contribution < -0.4 is 10.2 Å². The van der Waals surface area contributed by atoms with Crippen molar-refractivity contribution in [1.29, 1.82) is 0 Å². The highest BCUT2D eigenvalue weighted by atomic mass is 16.3. The van der Waals surface area contributed by atoms with Gasteiger partial charge in [-0.05, 0) is 52.9 Å². The molecule has 140 valence electrons. The zero-order chi connectivity index (χ0) is 17.9. The Kier molecular flexibility index (Phi) is 5.79. The van der Waals surface area contributed by atoms with Crippen molar-refractivity contribution in [2.75, 3.05) is 36.5 Å². The number of nitrogens with one attached hydrogen (secondary N) is 1. The van der Waals surface area contributed by atoms with Gasteiger partial charge in [-0.1, -0.05) is 0 Å². The average Bonchev–Trinajstić information content (AvgIpc) is 2.61. The van der Waals surface area contributed by atoms with Crippen molar-refractivity contribution in [2.24, 2.45) is 0 Å². The minimum absolute atomic E-state index is 0.187. The molecule has 1 atom stereocenters. The van der Waals surface area contributed by atoms with Crippen LogP contribution in [-0.4, -0.2) is 63.8 Å². The van der Waals surface area contributed by atoms with Crippen LogP contribution in [0.2, 0.25) is 0 Å². The molecule has 1 aromatic rings. The summed E-state index contributed by atoms with van der Waals surface area (Å²) in [5, 5.41) is 13.2. The lowest BCUT2D eigenvalue weighted by atomic mass is 9.98. The molecule has 0 radical (unpaired) electrons. The first-order valence-corrected chi connectivity index (χ1v) is 9.68. The highest BCUT2D eigenvalue weighted by molar-refractivity contribution is 5.50. The van der Waals surface area contributed by atoms with E-state index in [1.54, 1.807) is 6.33 Å². The predicted octanol–water partition coefficient (Wildman–Crippen LogP) is 2.50. The molecule has 2 N–H and O–H groups in total. The van der Waals surface area contributed by atoms with Gasteiger partial charge < -0.3 is 15.3 Å². The summed E-state index contributed by atoms with van der Waals surface area (Å²) >= 11 is 0. The van der Waals surface area contributed by atoms with Crippen molar-refractivity contribution >= 4 is 11.6 Å². The molecule has 2 aliphatic heterocycles. The molecule has 3 heterocycles. The summed E-state index contributed by atoms with van der Waals surface area (Å²) in [6, 6.07) is 2.70. The van der Waals surface area contributed by atoms with Crippen LogP contribution in [0.4, 0.5) is 11.6 Å². The van der Waals surface area contributed by atoms with Gasteiger partial charge in [0, 0.05) is 37.3 Å². The Hall–Kier alpha value is -1.40. The molecule has 0 bridgehead atoms. The van der Waals surface area contributed by atoms with E-state index in [9.17, 15) is 5.11 Å². The van der Waals surface area contributed by atoms with Crippen LogP contribution >= 0.6 is 0 Å². The topological polar surface area (TPSA) is 64.5 Å². The summed E-state index contributed by atoms with van der Waals surface area (Å²) in [6.45, 7) is 10.3. The van der Waals surface area contributed by atoms with Crippen molar-refractivity contribution in [3.05, 3.63) is 12.4 Å². The molecule has 0 amide bonds. The third kappa shape index (κ3) is 4.61. The molecule has 2 fully saturated rings.